The van der Waals surface area contributed by atoms with Crippen LogP contribution in [0.1, 0.15) is 33.1 Å². The zero-order valence-electron chi connectivity index (χ0n) is 8.14. The summed E-state index contributed by atoms with van der Waals surface area (Å²) < 4.78 is 0. The SMILES string of the molecule is C=C1C[C@H](C)[C@H]2[C@H](CCC)[C@H]2N1. The molecule has 1 saturated heterocycles. The van der Waals surface area contributed by atoms with Gasteiger partial charge in [-0.1, -0.05) is 26.8 Å². The van der Waals surface area contributed by atoms with E-state index in [1.165, 1.54) is 25.0 Å². The molecular weight excluding hydrogens is 146 g/mol. The van der Waals surface area contributed by atoms with Crippen molar-refractivity contribution in [3.05, 3.63) is 12.3 Å². The molecule has 12 heavy (non-hydrogen) atoms. The predicted octanol–water partition coefficient (Wildman–Crippen LogP) is 2.54. The van der Waals surface area contributed by atoms with Crippen molar-refractivity contribution in [2.24, 2.45) is 17.8 Å². The molecule has 0 amide bonds. The van der Waals surface area contributed by atoms with E-state index in [1.807, 2.05) is 0 Å². The van der Waals surface area contributed by atoms with E-state index in [0.29, 0.717) is 0 Å². The second-order valence-corrected chi connectivity index (χ2v) is 4.48. The summed E-state index contributed by atoms with van der Waals surface area (Å²) in [5.41, 5.74) is 1.27. The van der Waals surface area contributed by atoms with Gasteiger partial charge in [-0.2, -0.15) is 0 Å². The average Bonchev–Trinajstić information content (AvgIpc) is 2.63. The molecular formula is C11H19N. The van der Waals surface area contributed by atoms with Gasteiger partial charge in [0.2, 0.25) is 0 Å². The van der Waals surface area contributed by atoms with Gasteiger partial charge in [0.1, 0.15) is 0 Å². The first kappa shape index (κ1) is 8.15. The summed E-state index contributed by atoms with van der Waals surface area (Å²) >= 11 is 0. The number of hydrogen-bond acceptors (Lipinski definition) is 1. The predicted molar refractivity (Wildman–Crippen MR) is 51.7 cm³/mol. The number of piperidine rings is 1. The summed E-state index contributed by atoms with van der Waals surface area (Å²) in [7, 11) is 0. The van der Waals surface area contributed by atoms with Crippen molar-refractivity contribution in [1.82, 2.24) is 5.32 Å². The lowest BCUT2D eigenvalue weighted by Crippen LogP contribution is -2.25. The largest absolute Gasteiger partial charge is 0.385 e. The van der Waals surface area contributed by atoms with E-state index in [1.54, 1.807) is 0 Å². The zero-order chi connectivity index (χ0) is 8.72. The lowest BCUT2D eigenvalue weighted by molar-refractivity contribution is 0.416. The number of nitrogens with one attached hydrogen (secondary N) is 1. The van der Waals surface area contributed by atoms with Gasteiger partial charge in [0, 0.05) is 11.7 Å². The van der Waals surface area contributed by atoms with E-state index in [9.17, 15) is 0 Å². The molecule has 1 heterocycles. The maximum Gasteiger partial charge on any atom is 0.0324 e. The van der Waals surface area contributed by atoms with Gasteiger partial charge in [-0.3, -0.25) is 0 Å². The number of hydrogen-bond donors (Lipinski definition) is 1. The van der Waals surface area contributed by atoms with Gasteiger partial charge in [0.05, 0.1) is 0 Å². The van der Waals surface area contributed by atoms with Crippen LogP contribution >= 0.6 is 0 Å². The molecule has 0 unspecified atom stereocenters. The van der Waals surface area contributed by atoms with Gasteiger partial charge in [-0.05, 0) is 30.6 Å². The van der Waals surface area contributed by atoms with Crippen LogP contribution in [0.15, 0.2) is 12.3 Å². The van der Waals surface area contributed by atoms with Crippen LogP contribution < -0.4 is 5.32 Å². The Morgan fingerprint density at radius 3 is 3.00 bits per heavy atom. The molecule has 4 atom stereocenters. The Bertz CT molecular complexity index is 197. The molecule has 1 N–H and O–H groups in total. The molecule has 0 aromatic carbocycles. The van der Waals surface area contributed by atoms with E-state index in [-0.39, 0.29) is 0 Å². The van der Waals surface area contributed by atoms with Gasteiger partial charge < -0.3 is 5.32 Å². The summed E-state index contributed by atoms with van der Waals surface area (Å²) in [6.45, 7) is 8.68. The van der Waals surface area contributed by atoms with Crippen LogP contribution in [0.2, 0.25) is 0 Å². The Labute approximate surface area is 75.2 Å². The second kappa shape index (κ2) is 2.79. The van der Waals surface area contributed by atoms with Crippen LogP contribution in [-0.2, 0) is 0 Å². The Hall–Kier alpha value is -0.460. The summed E-state index contributed by atoms with van der Waals surface area (Å²) in [5, 5.41) is 3.52. The van der Waals surface area contributed by atoms with E-state index in [0.717, 1.165) is 23.8 Å². The fourth-order valence-electron chi connectivity index (χ4n) is 2.90. The third-order valence-electron chi connectivity index (χ3n) is 3.45. The van der Waals surface area contributed by atoms with E-state index in [2.05, 4.69) is 25.7 Å². The third kappa shape index (κ3) is 1.16. The van der Waals surface area contributed by atoms with Crippen LogP contribution in [0, 0.1) is 17.8 Å². The van der Waals surface area contributed by atoms with Crippen LogP contribution in [0.25, 0.3) is 0 Å². The highest BCUT2D eigenvalue weighted by atomic mass is 15.0. The average molecular weight is 165 g/mol. The quantitative estimate of drug-likeness (QED) is 0.663. The molecule has 1 saturated carbocycles. The summed E-state index contributed by atoms with van der Waals surface area (Å²) in [5.74, 6) is 2.81. The summed E-state index contributed by atoms with van der Waals surface area (Å²) in [6, 6.07) is 0.793. The Morgan fingerprint density at radius 1 is 1.58 bits per heavy atom. The van der Waals surface area contributed by atoms with E-state index in [4.69, 9.17) is 0 Å². The molecule has 1 heteroatoms. The molecule has 0 spiro atoms. The van der Waals surface area contributed by atoms with Crippen molar-refractivity contribution in [3.8, 4) is 0 Å². The smallest absolute Gasteiger partial charge is 0.0324 e. The van der Waals surface area contributed by atoms with Crippen LogP contribution in [0.5, 0.6) is 0 Å². The molecule has 0 aromatic heterocycles. The topological polar surface area (TPSA) is 12.0 Å². The second-order valence-electron chi connectivity index (χ2n) is 4.48. The highest BCUT2D eigenvalue weighted by Gasteiger charge is 2.54. The first-order valence-corrected chi connectivity index (χ1v) is 5.18. The van der Waals surface area contributed by atoms with E-state index >= 15 is 0 Å². The van der Waals surface area contributed by atoms with Crippen molar-refractivity contribution in [3.63, 3.8) is 0 Å². The molecule has 2 fully saturated rings. The van der Waals surface area contributed by atoms with Crippen molar-refractivity contribution in [2.45, 2.75) is 39.2 Å². The fourth-order valence-corrected chi connectivity index (χ4v) is 2.90. The minimum Gasteiger partial charge on any atom is -0.385 e. The number of allylic oxidation sites excluding steroid dienone is 1. The molecule has 2 aliphatic rings. The molecule has 0 radical (unpaired) electrons. The van der Waals surface area contributed by atoms with Crippen molar-refractivity contribution in [1.29, 1.82) is 0 Å². The summed E-state index contributed by atoms with van der Waals surface area (Å²) in [4.78, 5) is 0. The van der Waals surface area contributed by atoms with Crippen LogP contribution in [-0.4, -0.2) is 6.04 Å². The van der Waals surface area contributed by atoms with E-state index < -0.39 is 0 Å². The monoisotopic (exact) mass is 165 g/mol. The minimum atomic E-state index is 0.793. The van der Waals surface area contributed by atoms with Gasteiger partial charge in [0.15, 0.2) is 0 Å². The van der Waals surface area contributed by atoms with Crippen LogP contribution in [0.4, 0.5) is 0 Å². The lowest BCUT2D eigenvalue weighted by Gasteiger charge is -2.20. The van der Waals surface area contributed by atoms with Crippen molar-refractivity contribution in [2.75, 3.05) is 0 Å². The van der Waals surface area contributed by atoms with Gasteiger partial charge in [-0.25, -0.2) is 0 Å². The maximum absolute atomic E-state index is 4.03. The Morgan fingerprint density at radius 2 is 2.33 bits per heavy atom. The molecule has 0 bridgehead atoms. The Balaban J connectivity index is 1.96. The van der Waals surface area contributed by atoms with Gasteiger partial charge >= 0.3 is 0 Å². The van der Waals surface area contributed by atoms with Crippen LogP contribution in [0.3, 0.4) is 0 Å². The molecule has 1 aliphatic heterocycles. The first-order chi connectivity index (χ1) is 5.74. The molecule has 68 valence electrons. The van der Waals surface area contributed by atoms with Gasteiger partial charge in [-0.15, -0.1) is 0 Å². The van der Waals surface area contributed by atoms with Crippen molar-refractivity contribution < 1.29 is 0 Å². The lowest BCUT2D eigenvalue weighted by atomic mass is 9.96. The molecule has 0 aromatic rings. The maximum atomic E-state index is 4.03. The Kier molecular flexibility index (Phi) is 1.90. The molecule has 1 nitrogen and oxygen atoms in total. The van der Waals surface area contributed by atoms with Crippen molar-refractivity contribution >= 4 is 0 Å². The highest BCUT2D eigenvalue weighted by Crippen LogP contribution is 2.51. The normalized spacial score (nSPS) is 45.0. The molecule has 1 aliphatic carbocycles. The zero-order valence-corrected chi connectivity index (χ0v) is 8.14. The molecule has 2 rings (SSSR count). The fraction of sp³-hybridized carbons (Fsp3) is 0.818. The van der Waals surface area contributed by atoms with Gasteiger partial charge in [0.25, 0.3) is 0 Å². The number of fused-ring (bicyclic) bond motifs is 1. The summed E-state index contributed by atoms with van der Waals surface area (Å²) in [6.07, 6.45) is 3.93. The third-order valence-corrected chi connectivity index (χ3v) is 3.45. The highest BCUT2D eigenvalue weighted by molar-refractivity contribution is 5.16. The minimum absolute atomic E-state index is 0.793. The number of rotatable bonds is 2. The standard InChI is InChI=1S/C11H19N/c1-4-5-9-10-7(2)6-8(3)12-11(9)10/h7,9-12H,3-6H2,1-2H3/t7-,9-,10-,11+/m0/s1. The first-order valence-electron chi connectivity index (χ1n) is 5.18.